The Morgan fingerprint density at radius 1 is 1.07 bits per heavy atom. The number of halogens is 1. The number of hydrogen-bond acceptors (Lipinski definition) is 3. The van der Waals surface area contributed by atoms with Gasteiger partial charge in [0.05, 0.1) is 12.0 Å². The minimum atomic E-state index is -0.105. The molecule has 0 radical (unpaired) electrons. The van der Waals surface area contributed by atoms with Crippen molar-refractivity contribution in [3.63, 3.8) is 0 Å². The van der Waals surface area contributed by atoms with Gasteiger partial charge in [0, 0.05) is 33.4 Å². The summed E-state index contributed by atoms with van der Waals surface area (Å²) in [6.45, 7) is 8.25. The summed E-state index contributed by atoms with van der Waals surface area (Å²) < 4.78 is 2.14. The fourth-order valence-corrected chi connectivity index (χ4v) is 4.41. The average Bonchev–Trinajstić information content (AvgIpc) is 2.95. The van der Waals surface area contributed by atoms with Crippen molar-refractivity contribution in [3.05, 3.63) is 87.2 Å². The Balaban J connectivity index is 1.55. The first-order valence-corrected chi connectivity index (χ1v) is 11.3. The lowest BCUT2D eigenvalue weighted by Crippen LogP contribution is -2.19. The second-order valence-electron chi connectivity index (χ2n) is 7.42. The molecule has 4 nitrogen and oxygen atoms in total. The Kier molecular flexibility index (Phi) is 7.40. The van der Waals surface area contributed by atoms with Crippen LogP contribution in [0.2, 0.25) is 5.02 Å². The van der Waals surface area contributed by atoms with E-state index in [-0.39, 0.29) is 5.91 Å². The fourth-order valence-electron chi connectivity index (χ4n) is 3.53. The van der Waals surface area contributed by atoms with Gasteiger partial charge in [0.15, 0.2) is 0 Å². The molecule has 0 aliphatic rings. The predicted octanol–water partition coefficient (Wildman–Crippen LogP) is 5.75. The van der Waals surface area contributed by atoms with Crippen molar-refractivity contribution in [3.8, 4) is 5.69 Å². The van der Waals surface area contributed by atoms with Crippen LogP contribution in [0.5, 0.6) is 0 Å². The van der Waals surface area contributed by atoms with Crippen molar-refractivity contribution < 1.29 is 4.79 Å². The third-order valence-corrected chi connectivity index (χ3v) is 5.99. The van der Waals surface area contributed by atoms with Gasteiger partial charge in [-0.1, -0.05) is 40.9 Å². The van der Waals surface area contributed by atoms with Crippen LogP contribution in [0.25, 0.3) is 5.69 Å². The molecule has 0 aliphatic heterocycles. The van der Waals surface area contributed by atoms with E-state index in [0.29, 0.717) is 10.8 Å². The van der Waals surface area contributed by atoms with Gasteiger partial charge in [-0.3, -0.25) is 4.79 Å². The second-order valence-corrected chi connectivity index (χ2v) is 8.84. The Morgan fingerprint density at radius 3 is 2.40 bits per heavy atom. The molecular weight excluding hydrogens is 414 g/mol. The Hall–Kier alpha value is -2.50. The number of aryl methyl sites for hydroxylation is 3. The van der Waals surface area contributed by atoms with E-state index in [1.165, 1.54) is 16.7 Å². The number of amides is 1. The third kappa shape index (κ3) is 5.77. The number of nitrogens with zero attached hydrogens (tertiary/aromatic N) is 2. The van der Waals surface area contributed by atoms with Crippen LogP contribution in [0, 0.1) is 27.7 Å². The lowest BCUT2D eigenvalue weighted by molar-refractivity contribution is -0.118. The zero-order chi connectivity index (χ0) is 21.7. The Labute approximate surface area is 187 Å². The summed E-state index contributed by atoms with van der Waals surface area (Å²) >= 11 is 7.58. The SMILES string of the molecule is Cc1cc(C)cc(CSCC(=O)N/N=C/c2cc(C)n(-c3ccc(Cl)cc3)c2C)c1. The van der Waals surface area contributed by atoms with Gasteiger partial charge in [-0.15, -0.1) is 11.8 Å². The molecule has 2 aromatic carbocycles. The van der Waals surface area contributed by atoms with Crippen molar-refractivity contribution >= 4 is 35.5 Å². The molecule has 1 heterocycles. The van der Waals surface area contributed by atoms with Crippen molar-refractivity contribution in [2.24, 2.45) is 5.10 Å². The van der Waals surface area contributed by atoms with Crippen LogP contribution < -0.4 is 5.43 Å². The molecule has 0 spiro atoms. The molecule has 0 bridgehead atoms. The van der Waals surface area contributed by atoms with Gasteiger partial charge < -0.3 is 4.57 Å². The molecule has 6 heteroatoms. The first-order chi connectivity index (χ1) is 14.3. The topological polar surface area (TPSA) is 46.4 Å². The number of benzene rings is 2. The Bertz CT molecular complexity index is 1050. The van der Waals surface area contributed by atoms with E-state index >= 15 is 0 Å². The van der Waals surface area contributed by atoms with Crippen LogP contribution in [0.3, 0.4) is 0 Å². The monoisotopic (exact) mass is 439 g/mol. The predicted molar refractivity (Wildman–Crippen MR) is 128 cm³/mol. The van der Waals surface area contributed by atoms with Crippen LogP contribution in [0.4, 0.5) is 0 Å². The van der Waals surface area contributed by atoms with Crippen molar-refractivity contribution in [2.75, 3.05) is 5.75 Å². The zero-order valence-corrected chi connectivity index (χ0v) is 19.3. The van der Waals surface area contributed by atoms with Gasteiger partial charge in [-0.2, -0.15) is 5.10 Å². The minimum Gasteiger partial charge on any atom is -0.318 e. The zero-order valence-electron chi connectivity index (χ0n) is 17.7. The van der Waals surface area contributed by atoms with Crippen molar-refractivity contribution in [1.29, 1.82) is 0 Å². The molecule has 3 aromatic rings. The second kappa shape index (κ2) is 10.0. The summed E-state index contributed by atoms with van der Waals surface area (Å²) in [5, 5.41) is 4.86. The molecule has 1 amide bonds. The summed E-state index contributed by atoms with van der Waals surface area (Å²) in [7, 11) is 0. The lowest BCUT2D eigenvalue weighted by Gasteiger charge is -2.09. The number of rotatable bonds is 7. The quantitative estimate of drug-likeness (QED) is 0.376. The van der Waals surface area contributed by atoms with E-state index in [1.807, 2.05) is 38.1 Å². The smallest absolute Gasteiger partial charge is 0.250 e. The molecule has 30 heavy (non-hydrogen) atoms. The number of hydrogen-bond donors (Lipinski definition) is 1. The van der Waals surface area contributed by atoms with Gasteiger partial charge >= 0.3 is 0 Å². The number of nitrogens with one attached hydrogen (secondary N) is 1. The molecule has 0 aliphatic carbocycles. The summed E-state index contributed by atoms with van der Waals surface area (Å²) in [6, 6.07) is 16.2. The van der Waals surface area contributed by atoms with Gasteiger partial charge in [0.25, 0.3) is 0 Å². The summed E-state index contributed by atoms with van der Waals surface area (Å²) in [4.78, 5) is 12.1. The fraction of sp³-hybridized carbons (Fsp3) is 0.250. The van der Waals surface area contributed by atoms with E-state index in [4.69, 9.17) is 11.6 Å². The number of aromatic nitrogens is 1. The van der Waals surface area contributed by atoms with Gasteiger partial charge in [-0.25, -0.2) is 5.43 Å². The largest absolute Gasteiger partial charge is 0.318 e. The summed E-state index contributed by atoms with van der Waals surface area (Å²) in [5.74, 6) is 1.07. The van der Waals surface area contributed by atoms with Gasteiger partial charge in [0.1, 0.15) is 0 Å². The normalized spacial score (nSPS) is 11.2. The highest BCUT2D eigenvalue weighted by atomic mass is 35.5. The highest BCUT2D eigenvalue weighted by Gasteiger charge is 2.09. The van der Waals surface area contributed by atoms with Gasteiger partial charge in [0.2, 0.25) is 5.91 Å². The highest BCUT2D eigenvalue weighted by molar-refractivity contribution is 7.99. The van der Waals surface area contributed by atoms with Crippen LogP contribution in [0.15, 0.2) is 53.6 Å². The van der Waals surface area contributed by atoms with E-state index in [2.05, 4.69) is 53.2 Å². The van der Waals surface area contributed by atoms with Crippen molar-refractivity contribution in [1.82, 2.24) is 9.99 Å². The third-order valence-electron chi connectivity index (χ3n) is 4.73. The maximum absolute atomic E-state index is 12.1. The van der Waals surface area contributed by atoms with E-state index in [1.54, 1.807) is 18.0 Å². The first kappa shape index (κ1) is 22.2. The highest BCUT2D eigenvalue weighted by Crippen LogP contribution is 2.21. The van der Waals surface area contributed by atoms with E-state index in [0.717, 1.165) is 28.4 Å². The minimum absolute atomic E-state index is 0.105. The molecular formula is C24H26ClN3OS. The van der Waals surface area contributed by atoms with Crippen LogP contribution in [-0.4, -0.2) is 22.4 Å². The van der Waals surface area contributed by atoms with E-state index in [9.17, 15) is 4.79 Å². The molecule has 0 saturated carbocycles. The molecule has 3 rings (SSSR count). The summed E-state index contributed by atoms with van der Waals surface area (Å²) in [5.41, 5.74) is 10.5. The molecule has 0 saturated heterocycles. The van der Waals surface area contributed by atoms with Crippen LogP contribution in [0.1, 0.15) is 33.6 Å². The molecule has 0 atom stereocenters. The standard InChI is InChI=1S/C24H26ClN3OS/c1-16-9-17(2)11-20(10-16)14-30-15-24(29)27-26-13-21-12-18(3)28(19(21)4)23-7-5-22(25)6-8-23/h5-13H,14-15H2,1-4H3,(H,27,29)/b26-13+. The number of carbonyl (C=O) groups is 1. The van der Waals surface area contributed by atoms with Crippen LogP contribution >= 0.6 is 23.4 Å². The molecule has 156 valence electrons. The number of hydrazone groups is 1. The molecule has 0 unspecified atom stereocenters. The first-order valence-electron chi connectivity index (χ1n) is 9.75. The van der Waals surface area contributed by atoms with Crippen molar-refractivity contribution in [2.45, 2.75) is 33.4 Å². The molecule has 0 fully saturated rings. The van der Waals surface area contributed by atoms with Gasteiger partial charge in [-0.05, 0) is 63.6 Å². The average molecular weight is 440 g/mol. The summed E-state index contributed by atoms with van der Waals surface area (Å²) in [6.07, 6.45) is 1.70. The molecule has 1 aromatic heterocycles. The van der Waals surface area contributed by atoms with Crippen LogP contribution in [-0.2, 0) is 10.5 Å². The number of carbonyl (C=O) groups excluding carboxylic acids is 1. The molecule has 1 N–H and O–H groups in total. The number of thioether (sulfide) groups is 1. The van der Waals surface area contributed by atoms with E-state index < -0.39 is 0 Å². The lowest BCUT2D eigenvalue weighted by atomic mass is 10.1. The Morgan fingerprint density at radius 2 is 1.73 bits per heavy atom. The maximum Gasteiger partial charge on any atom is 0.250 e. The maximum atomic E-state index is 12.1.